The average Bonchev–Trinajstić information content (AvgIpc) is 3.06. The third kappa shape index (κ3) is 3.62. The summed E-state index contributed by atoms with van der Waals surface area (Å²) in [7, 11) is 0. The van der Waals surface area contributed by atoms with E-state index in [2.05, 4.69) is 61.0 Å². The van der Waals surface area contributed by atoms with Gasteiger partial charge in [0.15, 0.2) is 0 Å². The molecule has 0 radical (unpaired) electrons. The van der Waals surface area contributed by atoms with Crippen molar-refractivity contribution in [3.05, 3.63) is 77.2 Å². The highest BCUT2D eigenvalue weighted by atomic mass is 19.1. The van der Waals surface area contributed by atoms with E-state index in [1.807, 2.05) is 12.1 Å². The van der Waals surface area contributed by atoms with Crippen molar-refractivity contribution in [3.63, 3.8) is 0 Å². The third-order valence-electron chi connectivity index (χ3n) is 5.54. The quantitative estimate of drug-likeness (QED) is 0.660. The van der Waals surface area contributed by atoms with Gasteiger partial charge < -0.3 is 14.6 Å². The van der Waals surface area contributed by atoms with Crippen molar-refractivity contribution in [2.45, 2.75) is 32.7 Å². The number of ether oxygens (including phenoxy) is 1. The van der Waals surface area contributed by atoms with E-state index in [9.17, 15) is 4.39 Å². The minimum absolute atomic E-state index is 0.170. The lowest BCUT2D eigenvalue weighted by atomic mass is 10.0. The van der Waals surface area contributed by atoms with Crippen molar-refractivity contribution in [1.29, 1.82) is 0 Å². The monoisotopic (exact) mass is 378 g/mol. The molecule has 1 N–H and O–H groups in total. The molecule has 0 amide bonds. The van der Waals surface area contributed by atoms with E-state index >= 15 is 0 Å². The molecule has 1 aliphatic rings. The second-order valence-electron chi connectivity index (χ2n) is 7.74. The van der Waals surface area contributed by atoms with Gasteiger partial charge in [0.2, 0.25) is 0 Å². The Bertz CT molecular complexity index is 936. The summed E-state index contributed by atoms with van der Waals surface area (Å²) in [5.41, 5.74) is 6.93. The van der Waals surface area contributed by atoms with Crippen molar-refractivity contribution in [2.24, 2.45) is 0 Å². The zero-order valence-electron chi connectivity index (χ0n) is 16.7. The molecule has 1 fully saturated rings. The molecular weight excluding hydrogens is 351 g/mol. The number of halogens is 1. The lowest BCUT2D eigenvalue weighted by Gasteiger charge is -2.24. The van der Waals surface area contributed by atoms with Gasteiger partial charge in [0.25, 0.3) is 0 Å². The fourth-order valence-corrected chi connectivity index (χ4v) is 3.92. The van der Waals surface area contributed by atoms with E-state index in [4.69, 9.17) is 4.74 Å². The van der Waals surface area contributed by atoms with Crippen molar-refractivity contribution < 1.29 is 9.13 Å². The summed E-state index contributed by atoms with van der Waals surface area (Å²) in [6.07, 6.45) is 0. The van der Waals surface area contributed by atoms with Gasteiger partial charge in [-0.2, -0.15) is 0 Å². The SMILES string of the molecule is Cc1c(C2COCCN2)cc(-c2ccc(C(C)C)cc2)n1-c1ccc(F)cc1. The molecule has 3 aromatic rings. The van der Waals surface area contributed by atoms with Crippen molar-refractivity contribution in [2.75, 3.05) is 19.8 Å². The Labute approximate surface area is 166 Å². The number of nitrogens with one attached hydrogen (secondary N) is 1. The fraction of sp³-hybridized carbons (Fsp3) is 0.333. The highest BCUT2D eigenvalue weighted by molar-refractivity contribution is 5.66. The second-order valence-corrected chi connectivity index (χ2v) is 7.74. The maximum Gasteiger partial charge on any atom is 0.123 e. The van der Waals surface area contributed by atoms with Gasteiger partial charge in [0.05, 0.1) is 24.9 Å². The van der Waals surface area contributed by atoms with Crippen molar-refractivity contribution in [3.8, 4) is 16.9 Å². The van der Waals surface area contributed by atoms with E-state index in [1.165, 1.54) is 23.3 Å². The Kier molecular flexibility index (Phi) is 5.33. The lowest BCUT2D eigenvalue weighted by Crippen LogP contribution is -2.34. The van der Waals surface area contributed by atoms with Gasteiger partial charge in [-0.15, -0.1) is 0 Å². The Morgan fingerprint density at radius 1 is 1.07 bits per heavy atom. The molecule has 28 heavy (non-hydrogen) atoms. The first-order valence-corrected chi connectivity index (χ1v) is 9.94. The van der Waals surface area contributed by atoms with Crippen LogP contribution in [0.3, 0.4) is 0 Å². The molecule has 1 saturated heterocycles. The number of morpholine rings is 1. The Morgan fingerprint density at radius 2 is 1.79 bits per heavy atom. The highest BCUT2D eigenvalue weighted by Crippen LogP contribution is 2.33. The minimum Gasteiger partial charge on any atom is -0.378 e. The smallest absolute Gasteiger partial charge is 0.123 e. The number of rotatable bonds is 4. The van der Waals surface area contributed by atoms with Crippen LogP contribution in [0.5, 0.6) is 0 Å². The minimum atomic E-state index is -0.223. The Morgan fingerprint density at radius 3 is 2.39 bits per heavy atom. The van der Waals surface area contributed by atoms with Crippen LogP contribution >= 0.6 is 0 Å². The molecule has 2 heterocycles. The van der Waals surface area contributed by atoms with Gasteiger partial charge in [-0.1, -0.05) is 38.1 Å². The molecule has 4 rings (SSSR count). The van der Waals surface area contributed by atoms with Crippen LogP contribution in [0.15, 0.2) is 54.6 Å². The predicted octanol–water partition coefficient (Wildman–Crippen LogP) is 5.38. The van der Waals surface area contributed by atoms with E-state index in [1.54, 1.807) is 0 Å². The number of benzene rings is 2. The molecule has 0 aliphatic carbocycles. The van der Waals surface area contributed by atoms with Crippen LogP contribution in [0.1, 0.15) is 42.6 Å². The van der Waals surface area contributed by atoms with Crippen LogP contribution in [0, 0.1) is 12.7 Å². The normalized spacial score (nSPS) is 17.2. The zero-order valence-corrected chi connectivity index (χ0v) is 16.7. The van der Waals surface area contributed by atoms with Crippen LogP contribution in [0.25, 0.3) is 16.9 Å². The summed E-state index contributed by atoms with van der Waals surface area (Å²) in [5, 5.41) is 3.55. The summed E-state index contributed by atoms with van der Waals surface area (Å²) in [6.45, 7) is 8.80. The fourth-order valence-electron chi connectivity index (χ4n) is 3.92. The zero-order chi connectivity index (χ0) is 19.7. The average molecular weight is 378 g/mol. The first-order valence-electron chi connectivity index (χ1n) is 9.94. The van der Waals surface area contributed by atoms with E-state index < -0.39 is 0 Å². The molecule has 1 aromatic heterocycles. The third-order valence-corrected chi connectivity index (χ3v) is 5.54. The standard InChI is InChI=1S/C24H27FN2O/c1-16(2)18-4-6-19(7-5-18)24-14-22(23-15-28-13-12-26-23)17(3)27(24)21-10-8-20(25)9-11-21/h4-11,14,16,23,26H,12-13,15H2,1-3H3. The van der Waals surface area contributed by atoms with Crippen molar-refractivity contribution >= 4 is 0 Å². The van der Waals surface area contributed by atoms with Gasteiger partial charge in [0, 0.05) is 17.9 Å². The maximum atomic E-state index is 13.5. The van der Waals surface area contributed by atoms with E-state index in [0.29, 0.717) is 12.5 Å². The molecular formula is C24H27FN2O. The summed E-state index contributed by atoms with van der Waals surface area (Å²) >= 11 is 0. The molecule has 2 aromatic carbocycles. The lowest BCUT2D eigenvalue weighted by molar-refractivity contribution is 0.0767. The largest absolute Gasteiger partial charge is 0.378 e. The first kappa shape index (κ1) is 18.9. The first-order chi connectivity index (χ1) is 13.5. The van der Waals surface area contributed by atoms with Crippen LogP contribution in [-0.2, 0) is 4.74 Å². The summed E-state index contributed by atoms with van der Waals surface area (Å²) in [5.74, 6) is 0.276. The summed E-state index contributed by atoms with van der Waals surface area (Å²) in [4.78, 5) is 0. The van der Waals surface area contributed by atoms with Crippen LogP contribution < -0.4 is 5.32 Å². The van der Waals surface area contributed by atoms with E-state index in [-0.39, 0.29) is 11.9 Å². The molecule has 0 spiro atoms. The molecule has 0 bridgehead atoms. The van der Waals surface area contributed by atoms with Gasteiger partial charge in [-0.3, -0.25) is 0 Å². The van der Waals surface area contributed by atoms with Crippen LogP contribution in [-0.4, -0.2) is 24.3 Å². The summed E-state index contributed by atoms with van der Waals surface area (Å²) in [6, 6.07) is 17.9. The molecule has 0 saturated carbocycles. The number of hydrogen-bond acceptors (Lipinski definition) is 2. The molecule has 4 heteroatoms. The Balaban J connectivity index is 1.84. The van der Waals surface area contributed by atoms with Crippen LogP contribution in [0.2, 0.25) is 0 Å². The van der Waals surface area contributed by atoms with Gasteiger partial charge in [0.1, 0.15) is 5.82 Å². The number of aromatic nitrogens is 1. The van der Waals surface area contributed by atoms with Crippen LogP contribution in [0.4, 0.5) is 4.39 Å². The Hall–Kier alpha value is -2.43. The predicted molar refractivity (Wildman–Crippen MR) is 112 cm³/mol. The molecule has 1 aliphatic heterocycles. The summed E-state index contributed by atoms with van der Waals surface area (Å²) < 4.78 is 21.4. The molecule has 1 unspecified atom stereocenters. The topological polar surface area (TPSA) is 26.2 Å². The van der Waals surface area contributed by atoms with Crippen molar-refractivity contribution in [1.82, 2.24) is 9.88 Å². The second kappa shape index (κ2) is 7.90. The molecule has 1 atom stereocenters. The van der Waals surface area contributed by atoms with Gasteiger partial charge in [-0.25, -0.2) is 4.39 Å². The molecule has 3 nitrogen and oxygen atoms in total. The van der Waals surface area contributed by atoms with E-state index in [0.717, 1.165) is 35.8 Å². The van der Waals surface area contributed by atoms with Gasteiger partial charge in [-0.05, 0) is 59.9 Å². The van der Waals surface area contributed by atoms with Gasteiger partial charge >= 0.3 is 0 Å². The highest BCUT2D eigenvalue weighted by Gasteiger charge is 2.23. The number of nitrogens with zero attached hydrogens (tertiary/aromatic N) is 1. The molecule has 146 valence electrons. The number of hydrogen-bond donors (Lipinski definition) is 1. The maximum absolute atomic E-state index is 13.5.